The number of aromatic amines is 1. The number of nitrogens with one attached hydrogen (secondary N) is 1. The molecule has 13 heavy (non-hydrogen) atoms. The summed E-state index contributed by atoms with van der Waals surface area (Å²) >= 11 is 2.09. The number of halogens is 1. The van der Waals surface area contributed by atoms with Crippen molar-refractivity contribution in [1.82, 2.24) is 9.97 Å². The molecule has 1 saturated carbocycles. The summed E-state index contributed by atoms with van der Waals surface area (Å²) in [6.07, 6.45) is 6.43. The summed E-state index contributed by atoms with van der Waals surface area (Å²) in [4.78, 5) is 18.1. The average molecular weight is 290 g/mol. The standard InChI is InChI=1S/C9H11IN2O/c10-7-8(6-3-1-2-4-6)11-5-12-9(7)13/h5-6H,1-4H2,(H,11,12,13). The van der Waals surface area contributed by atoms with Crippen LogP contribution in [-0.4, -0.2) is 9.97 Å². The van der Waals surface area contributed by atoms with E-state index in [1.165, 1.54) is 32.0 Å². The molecule has 1 heterocycles. The predicted octanol–water partition coefficient (Wildman–Crippen LogP) is 2.03. The minimum atomic E-state index is -0.00231. The van der Waals surface area contributed by atoms with Crippen LogP contribution < -0.4 is 5.56 Å². The molecule has 1 N–H and O–H groups in total. The van der Waals surface area contributed by atoms with E-state index in [2.05, 4.69) is 32.6 Å². The molecule has 1 aliphatic carbocycles. The third-order valence-electron chi connectivity index (χ3n) is 2.57. The van der Waals surface area contributed by atoms with Gasteiger partial charge in [0.2, 0.25) is 0 Å². The molecular weight excluding hydrogens is 279 g/mol. The van der Waals surface area contributed by atoms with Crippen molar-refractivity contribution >= 4 is 22.6 Å². The van der Waals surface area contributed by atoms with E-state index in [1.54, 1.807) is 0 Å². The Morgan fingerprint density at radius 1 is 1.46 bits per heavy atom. The maximum atomic E-state index is 11.3. The van der Waals surface area contributed by atoms with Gasteiger partial charge >= 0.3 is 0 Å². The molecule has 2 rings (SSSR count). The Labute approximate surface area is 90.1 Å². The zero-order valence-electron chi connectivity index (χ0n) is 7.22. The van der Waals surface area contributed by atoms with Gasteiger partial charge in [-0.1, -0.05) is 12.8 Å². The van der Waals surface area contributed by atoms with Gasteiger partial charge in [0.05, 0.1) is 15.6 Å². The van der Waals surface area contributed by atoms with E-state index in [9.17, 15) is 4.79 Å². The summed E-state index contributed by atoms with van der Waals surface area (Å²) in [5.74, 6) is 0.522. The molecule has 3 nitrogen and oxygen atoms in total. The second-order valence-electron chi connectivity index (χ2n) is 3.41. The van der Waals surface area contributed by atoms with Crippen LogP contribution in [0.4, 0.5) is 0 Å². The van der Waals surface area contributed by atoms with E-state index < -0.39 is 0 Å². The van der Waals surface area contributed by atoms with Gasteiger partial charge < -0.3 is 4.98 Å². The van der Waals surface area contributed by atoms with Crippen molar-refractivity contribution in [1.29, 1.82) is 0 Å². The topological polar surface area (TPSA) is 45.8 Å². The smallest absolute Gasteiger partial charge is 0.264 e. The molecule has 0 spiro atoms. The Hall–Kier alpha value is -0.390. The number of hydrogen-bond acceptors (Lipinski definition) is 2. The highest BCUT2D eigenvalue weighted by Crippen LogP contribution is 2.33. The summed E-state index contributed by atoms with van der Waals surface area (Å²) in [7, 11) is 0. The van der Waals surface area contributed by atoms with Crippen LogP contribution in [0.3, 0.4) is 0 Å². The molecule has 0 saturated heterocycles. The molecule has 0 radical (unpaired) electrons. The number of H-pyrrole nitrogens is 1. The van der Waals surface area contributed by atoms with Gasteiger partial charge in [-0.2, -0.15) is 0 Å². The second kappa shape index (κ2) is 3.77. The van der Waals surface area contributed by atoms with Crippen LogP contribution >= 0.6 is 22.6 Å². The van der Waals surface area contributed by atoms with Gasteiger partial charge in [0.1, 0.15) is 0 Å². The van der Waals surface area contributed by atoms with Gasteiger partial charge in [-0.25, -0.2) is 4.98 Å². The van der Waals surface area contributed by atoms with E-state index in [-0.39, 0.29) is 5.56 Å². The van der Waals surface area contributed by atoms with Gasteiger partial charge in [0.15, 0.2) is 0 Å². The maximum Gasteiger partial charge on any atom is 0.264 e. The molecule has 1 aromatic heterocycles. The third-order valence-corrected chi connectivity index (χ3v) is 3.61. The average Bonchev–Trinajstić information content (AvgIpc) is 2.62. The van der Waals surface area contributed by atoms with E-state index >= 15 is 0 Å². The minimum absolute atomic E-state index is 0.00231. The Balaban J connectivity index is 2.39. The van der Waals surface area contributed by atoms with Crippen LogP contribution in [0.2, 0.25) is 0 Å². The molecule has 1 aliphatic rings. The Kier molecular flexibility index (Phi) is 2.66. The Morgan fingerprint density at radius 3 is 2.85 bits per heavy atom. The van der Waals surface area contributed by atoms with Gasteiger partial charge in [0.25, 0.3) is 5.56 Å². The SMILES string of the molecule is O=c1[nH]cnc(C2CCCC2)c1I. The molecule has 1 fully saturated rings. The molecule has 0 unspecified atom stereocenters. The van der Waals surface area contributed by atoms with Gasteiger partial charge in [-0.05, 0) is 35.4 Å². The predicted molar refractivity (Wildman–Crippen MR) is 58.8 cm³/mol. The van der Waals surface area contributed by atoms with Crippen molar-refractivity contribution in [3.8, 4) is 0 Å². The quantitative estimate of drug-likeness (QED) is 0.804. The van der Waals surface area contributed by atoms with E-state index in [0.29, 0.717) is 5.92 Å². The summed E-state index contributed by atoms with van der Waals surface area (Å²) in [6.45, 7) is 0. The van der Waals surface area contributed by atoms with Gasteiger partial charge in [-0.3, -0.25) is 4.79 Å². The lowest BCUT2D eigenvalue weighted by Crippen LogP contribution is -2.15. The third kappa shape index (κ3) is 1.77. The first-order chi connectivity index (χ1) is 6.29. The lowest BCUT2D eigenvalue weighted by Gasteiger charge is -2.08. The maximum absolute atomic E-state index is 11.3. The molecule has 0 bridgehead atoms. The van der Waals surface area contributed by atoms with Crippen molar-refractivity contribution in [2.24, 2.45) is 0 Å². The molecule has 4 heteroatoms. The van der Waals surface area contributed by atoms with Crippen molar-refractivity contribution in [3.05, 3.63) is 25.9 Å². The summed E-state index contributed by atoms with van der Waals surface area (Å²) in [5.41, 5.74) is 0.999. The molecule has 0 amide bonds. The summed E-state index contributed by atoms with van der Waals surface area (Å²) < 4.78 is 0.770. The normalized spacial score (nSPS) is 17.9. The molecule has 0 aliphatic heterocycles. The first-order valence-electron chi connectivity index (χ1n) is 4.52. The van der Waals surface area contributed by atoms with Crippen molar-refractivity contribution in [2.45, 2.75) is 31.6 Å². The van der Waals surface area contributed by atoms with Crippen LogP contribution in [0.1, 0.15) is 37.3 Å². The number of nitrogens with zero attached hydrogens (tertiary/aromatic N) is 1. The van der Waals surface area contributed by atoms with Crippen LogP contribution in [0.25, 0.3) is 0 Å². The van der Waals surface area contributed by atoms with E-state index in [0.717, 1.165) is 9.26 Å². The highest BCUT2D eigenvalue weighted by Gasteiger charge is 2.21. The largest absolute Gasteiger partial charge is 0.312 e. The fourth-order valence-electron chi connectivity index (χ4n) is 1.88. The van der Waals surface area contributed by atoms with Crippen LogP contribution in [-0.2, 0) is 0 Å². The van der Waals surface area contributed by atoms with Crippen LogP contribution in [0.5, 0.6) is 0 Å². The first-order valence-corrected chi connectivity index (χ1v) is 5.60. The summed E-state index contributed by atoms with van der Waals surface area (Å²) in [6, 6.07) is 0. The second-order valence-corrected chi connectivity index (χ2v) is 4.49. The first kappa shape index (κ1) is 9.18. The van der Waals surface area contributed by atoms with Crippen LogP contribution in [0, 0.1) is 3.57 Å². The van der Waals surface area contributed by atoms with Crippen molar-refractivity contribution in [2.75, 3.05) is 0 Å². The van der Waals surface area contributed by atoms with E-state index in [4.69, 9.17) is 0 Å². The fourth-order valence-corrected chi connectivity index (χ4v) is 2.62. The van der Waals surface area contributed by atoms with Crippen LogP contribution in [0.15, 0.2) is 11.1 Å². The summed E-state index contributed by atoms with van der Waals surface area (Å²) in [5, 5.41) is 0. The van der Waals surface area contributed by atoms with Gasteiger partial charge in [-0.15, -0.1) is 0 Å². The zero-order chi connectivity index (χ0) is 9.26. The monoisotopic (exact) mass is 290 g/mol. The van der Waals surface area contributed by atoms with Crippen molar-refractivity contribution in [3.63, 3.8) is 0 Å². The van der Waals surface area contributed by atoms with Crippen molar-refractivity contribution < 1.29 is 0 Å². The minimum Gasteiger partial charge on any atom is -0.312 e. The molecule has 0 aromatic carbocycles. The number of hydrogen-bond donors (Lipinski definition) is 1. The lowest BCUT2D eigenvalue weighted by atomic mass is 10.0. The highest BCUT2D eigenvalue weighted by atomic mass is 127. The number of aromatic nitrogens is 2. The molecule has 70 valence electrons. The fraction of sp³-hybridized carbons (Fsp3) is 0.556. The Morgan fingerprint density at radius 2 is 2.15 bits per heavy atom. The Bertz CT molecular complexity index is 355. The number of rotatable bonds is 1. The molecule has 0 atom stereocenters. The highest BCUT2D eigenvalue weighted by molar-refractivity contribution is 14.1. The zero-order valence-corrected chi connectivity index (χ0v) is 9.37. The molecular formula is C9H11IN2O. The molecule has 1 aromatic rings. The van der Waals surface area contributed by atoms with E-state index in [1.807, 2.05) is 0 Å². The van der Waals surface area contributed by atoms with Gasteiger partial charge in [0, 0.05) is 5.92 Å². The lowest BCUT2D eigenvalue weighted by molar-refractivity contribution is 0.686.